The average molecular weight is 552 g/mol. The van der Waals surface area contributed by atoms with Gasteiger partial charge in [-0.1, -0.05) is 15.9 Å². The topological polar surface area (TPSA) is 32.3 Å². The maximum Gasteiger partial charge on any atom is 0.256 e. The van der Waals surface area contributed by atoms with Crippen molar-refractivity contribution in [1.82, 2.24) is 0 Å². The van der Waals surface area contributed by atoms with Crippen molar-refractivity contribution in [1.29, 1.82) is 0 Å². The van der Waals surface area contributed by atoms with Crippen LogP contribution in [0.2, 0.25) is 0 Å². The van der Waals surface area contributed by atoms with Gasteiger partial charge in [0.1, 0.15) is 0 Å². The van der Waals surface area contributed by atoms with Crippen LogP contribution in [0.3, 0.4) is 0 Å². The van der Waals surface area contributed by atoms with Crippen LogP contribution in [0.4, 0.5) is 11.4 Å². The van der Waals surface area contributed by atoms with E-state index >= 15 is 0 Å². The van der Waals surface area contributed by atoms with Crippen LogP contribution in [0, 0.1) is 3.57 Å². The third kappa shape index (κ3) is 4.70. The lowest BCUT2D eigenvalue weighted by Crippen LogP contribution is -2.21. The van der Waals surface area contributed by atoms with Crippen LogP contribution in [0.1, 0.15) is 24.2 Å². The molecule has 1 amide bonds. The molecule has 122 valence electrons. The highest BCUT2D eigenvalue weighted by molar-refractivity contribution is 14.1. The number of nitrogens with one attached hydrogen (secondary N) is 1. The fraction of sp³-hybridized carbons (Fsp3) is 0.235. The fourth-order valence-electron chi connectivity index (χ4n) is 2.26. The van der Waals surface area contributed by atoms with Gasteiger partial charge in [0.15, 0.2) is 0 Å². The lowest BCUT2D eigenvalue weighted by molar-refractivity contribution is 0.102. The summed E-state index contributed by atoms with van der Waals surface area (Å²) < 4.78 is 2.66. The maximum absolute atomic E-state index is 12.5. The summed E-state index contributed by atoms with van der Waals surface area (Å²) in [5, 5.41) is 2.95. The summed E-state index contributed by atoms with van der Waals surface area (Å²) in [6.07, 6.45) is 0. The van der Waals surface area contributed by atoms with Crippen LogP contribution in [-0.4, -0.2) is 19.0 Å². The molecule has 0 bridgehead atoms. The summed E-state index contributed by atoms with van der Waals surface area (Å²) in [5.41, 5.74) is 2.59. The minimum Gasteiger partial charge on any atom is -0.372 e. The van der Waals surface area contributed by atoms with E-state index in [1.165, 1.54) is 0 Å². The molecule has 3 nitrogen and oxygen atoms in total. The molecular weight excluding hydrogens is 535 g/mol. The number of carbonyl (C=O) groups is 1. The number of benzene rings is 2. The smallest absolute Gasteiger partial charge is 0.256 e. The Morgan fingerprint density at radius 2 is 1.74 bits per heavy atom. The Hall–Kier alpha value is -0.600. The molecule has 0 saturated heterocycles. The Labute approximate surface area is 167 Å². The molecule has 0 aromatic heterocycles. The Bertz CT molecular complexity index is 700. The van der Waals surface area contributed by atoms with Gasteiger partial charge >= 0.3 is 0 Å². The minimum absolute atomic E-state index is 0.119. The van der Waals surface area contributed by atoms with Crippen LogP contribution in [0.5, 0.6) is 0 Å². The van der Waals surface area contributed by atoms with Crippen molar-refractivity contribution in [2.45, 2.75) is 13.8 Å². The largest absolute Gasteiger partial charge is 0.372 e. The van der Waals surface area contributed by atoms with Gasteiger partial charge in [-0.2, -0.15) is 0 Å². The van der Waals surface area contributed by atoms with E-state index in [0.29, 0.717) is 5.56 Å². The van der Waals surface area contributed by atoms with E-state index in [1.54, 1.807) is 0 Å². The zero-order valence-electron chi connectivity index (χ0n) is 12.9. The molecule has 0 atom stereocenters. The zero-order valence-corrected chi connectivity index (χ0v) is 18.2. The van der Waals surface area contributed by atoms with E-state index in [1.807, 2.05) is 36.4 Å². The molecule has 0 aliphatic heterocycles. The van der Waals surface area contributed by atoms with Crippen molar-refractivity contribution in [3.63, 3.8) is 0 Å². The minimum atomic E-state index is -0.119. The van der Waals surface area contributed by atoms with Gasteiger partial charge in [0.25, 0.3) is 5.91 Å². The standard InChI is InChI=1S/C17H17Br2IN2O/c1-3-22(4-2)13-7-5-12(6-8-13)21-17(23)14-9-11(18)10-15(19)16(14)20/h5-10H,3-4H2,1-2H3,(H,21,23). The molecule has 2 aromatic rings. The molecule has 0 saturated carbocycles. The monoisotopic (exact) mass is 550 g/mol. The molecule has 0 heterocycles. The van der Waals surface area contributed by atoms with Gasteiger partial charge in [-0.15, -0.1) is 0 Å². The summed E-state index contributed by atoms with van der Waals surface area (Å²) in [6, 6.07) is 11.7. The van der Waals surface area contributed by atoms with Crippen molar-refractivity contribution < 1.29 is 4.79 Å². The Morgan fingerprint density at radius 3 is 2.30 bits per heavy atom. The van der Waals surface area contributed by atoms with Crippen LogP contribution in [0.25, 0.3) is 0 Å². The quantitative estimate of drug-likeness (QED) is 0.370. The molecule has 0 spiro atoms. The lowest BCUT2D eigenvalue weighted by Gasteiger charge is -2.21. The number of rotatable bonds is 5. The van der Waals surface area contributed by atoms with Gasteiger partial charge in [-0.25, -0.2) is 0 Å². The summed E-state index contributed by atoms with van der Waals surface area (Å²) >= 11 is 9.06. The van der Waals surface area contributed by atoms with E-state index < -0.39 is 0 Å². The van der Waals surface area contributed by atoms with Crippen molar-refractivity contribution in [3.05, 3.63) is 54.5 Å². The molecule has 0 aliphatic rings. The van der Waals surface area contributed by atoms with Crippen LogP contribution < -0.4 is 10.2 Å². The molecule has 1 N–H and O–H groups in total. The first-order chi connectivity index (χ1) is 11.0. The number of hydrogen-bond acceptors (Lipinski definition) is 2. The number of halogens is 3. The normalized spacial score (nSPS) is 10.5. The van der Waals surface area contributed by atoms with E-state index in [-0.39, 0.29) is 5.91 Å². The molecule has 2 aromatic carbocycles. The van der Waals surface area contributed by atoms with Crippen molar-refractivity contribution in [3.8, 4) is 0 Å². The van der Waals surface area contributed by atoms with Gasteiger partial charge in [-0.3, -0.25) is 4.79 Å². The SMILES string of the molecule is CCN(CC)c1ccc(NC(=O)c2cc(Br)cc(Br)c2I)cc1. The van der Waals surface area contributed by atoms with Gasteiger partial charge in [0.2, 0.25) is 0 Å². The predicted octanol–water partition coefficient (Wildman–Crippen LogP) is 5.91. The van der Waals surface area contributed by atoms with Crippen LogP contribution in [0.15, 0.2) is 45.3 Å². The van der Waals surface area contributed by atoms with Crippen molar-refractivity contribution in [2.24, 2.45) is 0 Å². The molecule has 0 unspecified atom stereocenters. The number of carbonyl (C=O) groups excluding carboxylic acids is 1. The third-order valence-corrected chi connectivity index (χ3v) is 6.48. The number of nitrogens with zero attached hydrogens (tertiary/aromatic N) is 1. The number of hydrogen-bond donors (Lipinski definition) is 1. The summed E-state index contributed by atoms with van der Waals surface area (Å²) in [7, 11) is 0. The van der Waals surface area contributed by atoms with E-state index in [4.69, 9.17) is 0 Å². The zero-order chi connectivity index (χ0) is 17.0. The molecule has 0 radical (unpaired) electrons. The first kappa shape index (κ1) is 18.7. The summed E-state index contributed by atoms with van der Waals surface area (Å²) in [6.45, 7) is 6.19. The predicted molar refractivity (Wildman–Crippen MR) is 113 cm³/mol. The molecule has 23 heavy (non-hydrogen) atoms. The Morgan fingerprint density at radius 1 is 1.13 bits per heavy atom. The average Bonchev–Trinajstić information content (AvgIpc) is 2.53. The van der Waals surface area contributed by atoms with Gasteiger partial charge in [0, 0.05) is 37.0 Å². The van der Waals surface area contributed by atoms with E-state index in [9.17, 15) is 4.79 Å². The second kappa shape index (κ2) is 8.48. The highest BCUT2D eigenvalue weighted by Gasteiger charge is 2.14. The van der Waals surface area contributed by atoms with Crippen LogP contribution in [-0.2, 0) is 0 Å². The van der Waals surface area contributed by atoms with Gasteiger partial charge in [-0.05, 0) is 88.8 Å². The number of anilines is 2. The second-order valence-corrected chi connectivity index (χ2v) is 7.77. The van der Waals surface area contributed by atoms with Gasteiger partial charge < -0.3 is 10.2 Å². The number of amides is 1. The molecule has 0 aliphatic carbocycles. The lowest BCUT2D eigenvalue weighted by atomic mass is 10.2. The second-order valence-electron chi connectivity index (χ2n) is 4.92. The summed E-state index contributed by atoms with van der Waals surface area (Å²) in [5.74, 6) is -0.119. The van der Waals surface area contributed by atoms with E-state index in [0.717, 1.165) is 37.0 Å². The first-order valence-corrected chi connectivity index (χ1v) is 9.93. The molecule has 2 rings (SSSR count). The molecule has 0 fully saturated rings. The van der Waals surface area contributed by atoms with Gasteiger partial charge in [0.05, 0.1) is 5.56 Å². The van der Waals surface area contributed by atoms with E-state index in [2.05, 4.69) is 78.5 Å². The fourth-order valence-corrected chi connectivity index (χ4v) is 4.05. The Kier molecular flexibility index (Phi) is 6.91. The molecule has 6 heteroatoms. The highest BCUT2D eigenvalue weighted by atomic mass is 127. The van der Waals surface area contributed by atoms with Crippen molar-refractivity contribution >= 4 is 71.7 Å². The molecular formula is C17H17Br2IN2O. The highest BCUT2D eigenvalue weighted by Crippen LogP contribution is 2.28. The Balaban J connectivity index is 2.18. The maximum atomic E-state index is 12.5. The van der Waals surface area contributed by atoms with Crippen molar-refractivity contribution in [2.75, 3.05) is 23.3 Å². The third-order valence-electron chi connectivity index (χ3n) is 3.49. The first-order valence-electron chi connectivity index (χ1n) is 7.27. The summed E-state index contributed by atoms with van der Waals surface area (Å²) in [4.78, 5) is 14.8. The van der Waals surface area contributed by atoms with Crippen LogP contribution >= 0.6 is 54.5 Å².